The highest BCUT2D eigenvalue weighted by Crippen LogP contribution is 2.32. The van der Waals surface area contributed by atoms with Gasteiger partial charge in [0.25, 0.3) is 0 Å². The summed E-state index contributed by atoms with van der Waals surface area (Å²) in [7, 11) is 0. The highest BCUT2D eigenvalue weighted by atomic mass is 32.1. The Morgan fingerprint density at radius 1 is 1.35 bits per heavy atom. The van der Waals surface area contributed by atoms with Crippen molar-refractivity contribution in [2.45, 2.75) is 26.8 Å². The molecular formula is C14H16N2S. The molecule has 1 aromatic carbocycles. The number of fused-ring (bicyclic) bond motifs is 1. The van der Waals surface area contributed by atoms with Crippen molar-refractivity contribution in [3.63, 3.8) is 0 Å². The second-order valence-corrected chi connectivity index (χ2v) is 5.92. The molecule has 88 valence electrons. The summed E-state index contributed by atoms with van der Waals surface area (Å²) in [5.74, 6) is 0. The highest BCUT2D eigenvalue weighted by Gasteiger charge is 2.21. The van der Waals surface area contributed by atoms with E-state index in [9.17, 15) is 0 Å². The number of benzene rings is 1. The minimum atomic E-state index is 1.00. The lowest BCUT2D eigenvalue weighted by atomic mass is 10.1. The Balaban J connectivity index is 1.89. The number of hydrogen-bond acceptors (Lipinski definition) is 3. The summed E-state index contributed by atoms with van der Waals surface area (Å²) < 4.78 is 0. The Kier molecular flexibility index (Phi) is 2.63. The van der Waals surface area contributed by atoms with Crippen LogP contribution in [-0.4, -0.2) is 11.5 Å². The number of para-hydroxylation sites is 1. The lowest BCUT2D eigenvalue weighted by Crippen LogP contribution is -2.19. The third kappa shape index (κ3) is 1.95. The quantitative estimate of drug-likeness (QED) is 0.805. The van der Waals surface area contributed by atoms with Gasteiger partial charge in [-0.1, -0.05) is 18.2 Å². The Labute approximate surface area is 106 Å². The molecule has 0 fully saturated rings. The van der Waals surface area contributed by atoms with Crippen molar-refractivity contribution >= 4 is 17.0 Å². The van der Waals surface area contributed by atoms with Crippen molar-refractivity contribution in [3.05, 3.63) is 45.4 Å². The number of anilines is 1. The maximum atomic E-state index is 4.33. The van der Waals surface area contributed by atoms with Gasteiger partial charge in [-0.25, -0.2) is 4.98 Å². The first-order valence-corrected chi connectivity index (χ1v) is 6.80. The fourth-order valence-electron chi connectivity index (χ4n) is 2.57. The second kappa shape index (κ2) is 4.15. The van der Waals surface area contributed by atoms with Crippen LogP contribution in [0.1, 0.15) is 21.0 Å². The molecule has 1 aliphatic rings. The third-order valence-corrected chi connectivity index (χ3v) is 4.20. The number of nitrogens with zero attached hydrogens (tertiary/aromatic N) is 2. The van der Waals surface area contributed by atoms with Crippen molar-refractivity contribution in [3.8, 4) is 0 Å². The molecule has 0 bridgehead atoms. The molecule has 0 saturated carbocycles. The first-order chi connectivity index (χ1) is 8.24. The van der Waals surface area contributed by atoms with Crippen LogP contribution in [0.4, 0.5) is 5.69 Å². The largest absolute Gasteiger partial charge is 0.366 e. The minimum Gasteiger partial charge on any atom is -0.366 e. The van der Waals surface area contributed by atoms with Gasteiger partial charge in [-0.15, -0.1) is 11.3 Å². The average Bonchev–Trinajstić information content (AvgIpc) is 2.88. The Hall–Kier alpha value is -1.35. The predicted molar refractivity (Wildman–Crippen MR) is 72.8 cm³/mol. The van der Waals surface area contributed by atoms with Gasteiger partial charge in [-0.2, -0.15) is 0 Å². The van der Waals surface area contributed by atoms with Gasteiger partial charge < -0.3 is 4.90 Å². The Bertz CT molecular complexity index is 545. The number of hydrogen-bond donors (Lipinski definition) is 0. The molecule has 2 heterocycles. The second-order valence-electron chi connectivity index (χ2n) is 4.60. The summed E-state index contributed by atoms with van der Waals surface area (Å²) in [6, 6.07) is 6.61. The summed E-state index contributed by atoms with van der Waals surface area (Å²) in [6.07, 6.45) is 3.19. The molecule has 0 N–H and O–H groups in total. The summed E-state index contributed by atoms with van der Waals surface area (Å²) in [5, 5.41) is 1.16. The fraction of sp³-hybridized carbons (Fsp3) is 0.357. The van der Waals surface area contributed by atoms with E-state index in [1.165, 1.54) is 28.1 Å². The molecule has 2 aromatic rings. The zero-order valence-corrected chi connectivity index (χ0v) is 11.0. The monoisotopic (exact) mass is 244 g/mol. The van der Waals surface area contributed by atoms with Crippen LogP contribution in [0.2, 0.25) is 0 Å². The van der Waals surface area contributed by atoms with Crippen LogP contribution in [0.5, 0.6) is 0 Å². The van der Waals surface area contributed by atoms with E-state index < -0.39 is 0 Å². The molecule has 0 aliphatic carbocycles. The molecule has 1 aromatic heterocycles. The van der Waals surface area contributed by atoms with Gasteiger partial charge in [0.1, 0.15) is 0 Å². The van der Waals surface area contributed by atoms with Gasteiger partial charge >= 0.3 is 0 Å². The van der Waals surface area contributed by atoms with E-state index >= 15 is 0 Å². The molecule has 2 nitrogen and oxygen atoms in total. The van der Waals surface area contributed by atoms with Gasteiger partial charge in [-0.05, 0) is 31.4 Å². The smallest absolute Gasteiger partial charge is 0.0897 e. The van der Waals surface area contributed by atoms with E-state index in [4.69, 9.17) is 0 Å². The average molecular weight is 244 g/mol. The van der Waals surface area contributed by atoms with Crippen LogP contribution in [-0.2, 0) is 13.0 Å². The predicted octanol–water partition coefficient (Wildman–Crippen LogP) is 3.32. The Morgan fingerprint density at radius 2 is 2.24 bits per heavy atom. The van der Waals surface area contributed by atoms with Crippen LogP contribution < -0.4 is 4.90 Å². The van der Waals surface area contributed by atoms with Gasteiger partial charge in [0.05, 0.1) is 11.6 Å². The van der Waals surface area contributed by atoms with E-state index in [0.717, 1.165) is 18.1 Å². The van der Waals surface area contributed by atoms with Crippen molar-refractivity contribution in [1.82, 2.24) is 4.98 Å². The number of rotatable bonds is 2. The van der Waals surface area contributed by atoms with E-state index in [1.54, 1.807) is 11.3 Å². The van der Waals surface area contributed by atoms with Crippen molar-refractivity contribution < 1.29 is 0 Å². The molecule has 0 unspecified atom stereocenters. The zero-order valence-electron chi connectivity index (χ0n) is 10.2. The normalized spacial score (nSPS) is 14.1. The highest BCUT2D eigenvalue weighted by molar-refractivity contribution is 7.11. The standard InChI is InChI=1S/C14H16N2S/c1-10-4-3-5-12-6-7-16(14(10)12)9-13-8-15-11(2)17-13/h3-5,8H,6-7,9H2,1-2H3. The SMILES string of the molecule is Cc1ncc(CN2CCc3cccc(C)c32)s1. The van der Waals surface area contributed by atoms with Crippen molar-refractivity contribution in [2.24, 2.45) is 0 Å². The number of thiazole rings is 1. The van der Waals surface area contributed by atoms with Gasteiger partial charge in [0.15, 0.2) is 0 Å². The third-order valence-electron chi connectivity index (χ3n) is 3.30. The van der Waals surface area contributed by atoms with E-state index in [0.29, 0.717) is 0 Å². The molecule has 0 atom stereocenters. The molecule has 0 radical (unpaired) electrons. The summed E-state index contributed by atoms with van der Waals surface area (Å²) in [4.78, 5) is 8.17. The van der Waals surface area contributed by atoms with Crippen LogP contribution in [0.3, 0.4) is 0 Å². The lowest BCUT2D eigenvalue weighted by molar-refractivity contribution is 0.842. The molecule has 17 heavy (non-hydrogen) atoms. The maximum absolute atomic E-state index is 4.33. The summed E-state index contributed by atoms with van der Waals surface area (Å²) in [5.41, 5.74) is 4.33. The van der Waals surface area contributed by atoms with Crippen LogP contribution in [0.15, 0.2) is 24.4 Å². The van der Waals surface area contributed by atoms with Gasteiger partial charge in [-0.3, -0.25) is 0 Å². The van der Waals surface area contributed by atoms with E-state index in [1.807, 2.05) is 6.20 Å². The molecular weight excluding hydrogens is 228 g/mol. The number of aryl methyl sites for hydroxylation is 2. The summed E-state index contributed by atoms with van der Waals surface area (Å²) in [6.45, 7) is 6.41. The van der Waals surface area contributed by atoms with Crippen LogP contribution in [0.25, 0.3) is 0 Å². The molecule has 0 amide bonds. The maximum Gasteiger partial charge on any atom is 0.0897 e. The van der Waals surface area contributed by atoms with Gasteiger partial charge in [0, 0.05) is 23.3 Å². The zero-order chi connectivity index (χ0) is 11.8. The van der Waals surface area contributed by atoms with Crippen LogP contribution in [0, 0.1) is 13.8 Å². The summed E-state index contributed by atoms with van der Waals surface area (Å²) >= 11 is 1.80. The van der Waals surface area contributed by atoms with E-state index in [-0.39, 0.29) is 0 Å². The molecule has 3 rings (SSSR count). The van der Waals surface area contributed by atoms with Crippen LogP contribution >= 0.6 is 11.3 Å². The lowest BCUT2D eigenvalue weighted by Gasteiger charge is -2.20. The fourth-order valence-corrected chi connectivity index (χ4v) is 3.38. The number of aromatic nitrogens is 1. The first kappa shape index (κ1) is 10.8. The Morgan fingerprint density at radius 3 is 3.00 bits per heavy atom. The molecule has 0 spiro atoms. The van der Waals surface area contributed by atoms with Gasteiger partial charge in [0.2, 0.25) is 0 Å². The topological polar surface area (TPSA) is 16.1 Å². The van der Waals surface area contributed by atoms with Crippen molar-refractivity contribution in [1.29, 1.82) is 0 Å². The molecule has 0 saturated heterocycles. The molecule has 3 heteroatoms. The van der Waals surface area contributed by atoms with E-state index in [2.05, 4.69) is 41.9 Å². The molecule has 1 aliphatic heterocycles. The minimum absolute atomic E-state index is 1.00. The van der Waals surface area contributed by atoms with Crippen molar-refractivity contribution in [2.75, 3.05) is 11.4 Å². The first-order valence-electron chi connectivity index (χ1n) is 5.99.